The smallest absolute Gasteiger partial charge is 0.305 e. The van der Waals surface area contributed by atoms with Crippen molar-refractivity contribution in [1.29, 1.82) is 10.5 Å². The number of nitrogens with one attached hydrogen (secondary N) is 1. The molecule has 1 unspecified atom stereocenters. The molecule has 4 aromatic carbocycles. The molecule has 0 bridgehead atoms. The van der Waals surface area contributed by atoms with Gasteiger partial charge in [-0.25, -0.2) is 0 Å². The lowest BCUT2D eigenvalue weighted by molar-refractivity contribution is -0.136. The number of carboxylic acid groups (broad SMARTS) is 1. The van der Waals surface area contributed by atoms with Crippen molar-refractivity contribution in [3.05, 3.63) is 119 Å². The number of benzene rings is 4. The minimum atomic E-state index is -0.955. The zero-order valence-electron chi connectivity index (χ0n) is 21.5. The number of hydrogen-bond acceptors (Lipinski definition) is 4. The summed E-state index contributed by atoms with van der Waals surface area (Å²) in [5, 5.41) is 29.7. The van der Waals surface area contributed by atoms with E-state index in [1.165, 1.54) is 0 Å². The normalized spacial score (nSPS) is 11.2. The van der Waals surface area contributed by atoms with Gasteiger partial charge in [0, 0.05) is 12.1 Å². The van der Waals surface area contributed by atoms with Crippen molar-refractivity contribution >= 4 is 11.9 Å². The molecule has 0 heterocycles. The van der Waals surface area contributed by atoms with Gasteiger partial charge >= 0.3 is 5.97 Å². The molecule has 6 nitrogen and oxygen atoms in total. The summed E-state index contributed by atoms with van der Waals surface area (Å²) in [5.41, 5.74) is 8.10. The number of nitrogens with zero attached hydrogens (tertiary/aromatic N) is 2. The molecular weight excluding hydrogens is 486 g/mol. The first-order valence-electron chi connectivity index (χ1n) is 12.6. The lowest BCUT2D eigenvalue weighted by Crippen LogP contribution is -2.25. The van der Waals surface area contributed by atoms with Crippen LogP contribution in [-0.2, 0) is 11.2 Å². The van der Waals surface area contributed by atoms with E-state index in [4.69, 9.17) is 10.4 Å². The fraction of sp³-hybridized carbons (Fsp3) is 0.152. The van der Waals surface area contributed by atoms with Crippen molar-refractivity contribution < 1.29 is 14.7 Å². The second kappa shape index (κ2) is 12.4. The van der Waals surface area contributed by atoms with Gasteiger partial charge in [0.2, 0.25) is 0 Å². The minimum Gasteiger partial charge on any atom is -0.481 e. The van der Waals surface area contributed by atoms with Crippen LogP contribution in [0.4, 0.5) is 0 Å². The Kier molecular flexibility index (Phi) is 8.51. The number of hydrogen-bond donors (Lipinski definition) is 2. The SMILES string of the molecule is CC(Cc1ccc(C(=O)NCCC(=O)O)cc1)c1cc(-c2ccc(C#N)cc2)ccc1-c1ccc(C#N)cc1. The van der Waals surface area contributed by atoms with Crippen molar-refractivity contribution in [2.45, 2.75) is 25.7 Å². The second-order valence-corrected chi connectivity index (χ2v) is 9.38. The molecule has 1 atom stereocenters. The summed E-state index contributed by atoms with van der Waals surface area (Å²) in [6, 6.07) is 33.1. The lowest BCUT2D eigenvalue weighted by atomic mass is 9.85. The van der Waals surface area contributed by atoms with Crippen LogP contribution in [0.2, 0.25) is 0 Å². The zero-order chi connectivity index (χ0) is 27.8. The minimum absolute atomic E-state index is 0.0840. The van der Waals surface area contributed by atoms with E-state index in [0.717, 1.165) is 39.8 Å². The number of rotatable bonds is 9. The lowest BCUT2D eigenvalue weighted by Gasteiger charge is -2.19. The molecule has 0 saturated heterocycles. The van der Waals surface area contributed by atoms with Gasteiger partial charge < -0.3 is 10.4 Å². The van der Waals surface area contributed by atoms with Crippen LogP contribution in [0.3, 0.4) is 0 Å². The molecule has 0 aromatic heterocycles. The predicted molar refractivity (Wildman–Crippen MR) is 150 cm³/mol. The fourth-order valence-electron chi connectivity index (χ4n) is 4.52. The summed E-state index contributed by atoms with van der Waals surface area (Å²) in [5.74, 6) is -1.12. The molecule has 39 heavy (non-hydrogen) atoms. The summed E-state index contributed by atoms with van der Waals surface area (Å²) >= 11 is 0. The standard InChI is InChI=1S/C33H27N3O3/c1-22(18-23-2-12-28(13-3-23)33(39)36-17-16-32(37)38)31-19-29(26-8-4-24(20-34)5-9-26)14-15-30(31)27-10-6-25(21-35)7-11-27/h2-15,19,22H,16-18H2,1H3,(H,36,39)(H,37,38). The van der Waals surface area contributed by atoms with Crippen molar-refractivity contribution in [3.8, 4) is 34.4 Å². The van der Waals surface area contributed by atoms with E-state index in [-0.39, 0.29) is 24.8 Å². The van der Waals surface area contributed by atoms with Gasteiger partial charge in [-0.3, -0.25) is 9.59 Å². The Morgan fingerprint density at radius 2 is 1.36 bits per heavy atom. The molecule has 0 radical (unpaired) electrons. The predicted octanol–water partition coefficient (Wildman–Crippen LogP) is 6.31. The van der Waals surface area contributed by atoms with Gasteiger partial charge in [0.25, 0.3) is 5.91 Å². The van der Waals surface area contributed by atoms with Crippen LogP contribution in [-0.4, -0.2) is 23.5 Å². The first-order chi connectivity index (χ1) is 18.9. The molecule has 192 valence electrons. The molecule has 0 aliphatic heterocycles. The maximum atomic E-state index is 12.3. The molecule has 1 amide bonds. The average molecular weight is 514 g/mol. The Hall–Kier alpha value is -5.20. The highest BCUT2D eigenvalue weighted by atomic mass is 16.4. The van der Waals surface area contributed by atoms with Crippen molar-refractivity contribution in [3.63, 3.8) is 0 Å². The Bertz CT molecular complexity index is 1560. The van der Waals surface area contributed by atoms with Crippen LogP contribution in [0, 0.1) is 22.7 Å². The van der Waals surface area contributed by atoms with Crippen LogP contribution in [0.15, 0.2) is 91.0 Å². The zero-order valence-corrected chi connectivity index (χ0v) is 21.5. The van der Waals surface area contributed by atoms with E-state index in [1.807, 2.05) is 60.7 Å². The van der Waals surface area contributed by atoms with E-state index in [0.29, 0.717) is 16.7 Å². The summed E-state index contributed by atoms with van der Waals surface area (Å²) < 4.78 is 0. The largest absolute Gasteiger partial charge is 0.481 e. The number of aliphatic carboxylic acids is 1. The fourth-order valence-corrected chi connectivity index (χ4v) is 4.52. The first-order valence-corrected chi connectivity index (χ1v) is 12.6. The van der Waals surface area contributed by atoms with Crippen LogP contribution < -0.4 is 5.32 Å². The van der Waals surface area contributed by atoms with Gasteiger partial charge in [0.05, 0.1) is 29.7 Å². The van der Waals surface area contributed by atoms with E-state index < -0.39 is 5.97 Å². The number of amides is 1. The van der Waals surface area contributed by atoms with Gasteiger partial charge in [-0.1, -0.05) is 61.5 Å². The van der Waals surface area contributed by atoms with Crippen molar-refractivity contribution in [1.82, 2.24) is 5.32 Å². The maximum Gasteiger partial charge on any atom is 0.305 e. The molecular formula is C33H27N3O3. The molecule has 0 fully saturated rings. The van der Waals surface area contributed by atoms with E-state index in [2.05, 4.69) is 42.6 Å². The Balaban J connectivity index is 1.61. The third-order valence-corrected chi connectivity index (χ3v) is 6.64. The molecule has 0 saturated carbocycles. The molecule has 6 heteroatoms. The topological polar surface area (TPSA) is 114 Å². The van der Waals surface area contributed by atoms with Crippen LogP contribution in [0.1, 0.15) is 51.9 Å². The molecule has 0 aliphatic rings. The van der Waals surface area contributed by atoms with Crippen molar-refractivity contribution in [2.24, 2.45) is 0 Å². The van der Waals surface area contributed by atoms with Gasteiger partial charge in [0.1, 0.15) is 0 Å². The first kappa shape index (κ1) is 26.9. The highest BCUT2D eigenvalue weighted by Gasteiger charge is 2.16. The average Bonchev–Trinajstić information content (AvgIpc) is 2.97. The molecule has 0 spiro atoms. The Morgan fingerprint density at radius 3 is 1.92 bits per heavy atom. The number of nitriles is 2. The highest BCUT2D eigenvalue weighted by molar-refractivity contribution is 5.94. The van der Waals surface area contributed by atoms with Gasteiger partial charge in [-0.2, -0.15) is 10.5 Å². The van der Waals surface area contributed by atoms with Gasteiger partial charge in [-0.05, 0) is 82.1 Å². The summed E-state index contributed by atoms with van der Waals surface area (Å²) in [4.78, 5) is 23.0. The Labute approximate surface area is 227 Å². The Morgan fingerprint density at radius 1 is 0.795 bits per heavy atom. The summed E-state index contributed by atoms with van der Waals surface area (Å²) in [7, 11) is 0. The molecule has 4 rings (SSSR count). The van der Waals surface area contributed by atoms with E-state index >= 15 is 0 Å². The molecule has 2 N–H and O–H groups in total. The second-order valence-electron chi connectivity index (χ2n) is 9.38. The number of carbonyl (C=O) groups is 2. The quantitative estimate of drug-likeness (QED) is 0.272. The third-order valence-electron chi connectivity index (χ3n) is 6.64. The van der Waals surface area contributed by atoms with Gasteiger partial charge in [0.15, 0.2) is 0 Å². The number of carbonyl (C=O) groups excluding carboxylic acids is 1. The summed E-state index contributed by atoms with van der Waals surface area (Å²) in [6.07, 6.45) is 0.617. The highest BCUT2D eigenvalue weighted by Crippen LogP contribution is 2.35. The molecule has 0 aliphatic carbocycles. The van der Waals surface area contributed by atoms with Crippen LogP contribution >= 0.6 is 0 Å². The van der Waals surface area contributed by atoms with E-state index in [9.17, 15) is 14.9 Å². The van der Waals surface area contributed by atoms with Crippen molar-refractivity contribution in [2.75, 3.05) is 6.54 Å². The summed E-state index contributed by atoms with van der Waals surface area (Å²) in [6.45, 7) is 2.25. The van der Waals surface area contributed by atoms with Crippen LogP contribution in [0.25, 0.3) is 22.3 Å². The van der Waals surface area contributed by atoms with Gasteiger partial charge in [-0.15, -0.1) is 0 Å². The molecule has 4 aromatic rings. The monoisotopic (exact) mass is 513 g/mol. The maximum absolute atomic E-state index is 12.3. The third kappa shape index (κ3) is 6.77. The van der Waals surface area contributed by atoms with Crippen LogP contribution in [0.5, 0.6) is 0 Å². The van der Waals surface area contributed by atoms with E-state index in [1.54, 1.807) is 12.1 Å². The number of carboxylic acids is 1.